The molecule has 2 heterocycles. The SMILES string of the molecule is CCN1C(c2ccccc2)=CC(C(=O)NCCCCN2CCN(c3cccc(Cl)c3Cl)CC2)C1C. The van der Waals surface area contributed by atoms with E-state index in [2.05, 4.69) is 52.1 Å². The number of rotatable bonds is 9. The van der Waals surface area contributed by atoms with Crippen molar-refractivity contribution in [3.05, 3.63) is 70.2 Å². The van der Waals surface area contributed by atoms with E-state index in [0.29, 0.717) is 10.0 Å². The lowest BCUT2D eigenvalue weighted by atomic mass is 10.0. The summed E-state index contributed by atoms with van der Waals surface area (Å²) in [5, 5.41) is 4.43. The van der Waals surface area contributed by atoms with E-state index in [-0.39, 0.29) is 17.9 Å². The van der Waals surface area contributed by atoms with Crippen LogP contribution in [0.25, 0.3) is 5.70 Å². The van der Waals surface area contributed by atoms with Crippen LogP contribution in [0.15, 0.2) is 54.6 Å². The number of halogens is 2. The van der Waals surface area contributed by atoms with Gasteiger partial charge in [0.25, 0.3) is 0 Å². The number of amides is 1. The van der Waals surface area contributed by atoms with E-state index in [1.807, 2.05) is 36.4 Å². The summed E-state index contributed by atoms with van der Waals surface area (Å²) in [6.45, 7) is 10.9. The van der Waals surface area contributed by atoms with Crippen molar-refractivity contribution < 1.29 is 4.79 Å². The number of carbonyl (C=O) groups excluding carboxylic acids is 1. The summed E-state index contributed by atoms with van der Waals surface area (Å²) in [5.41, 5.74) is 3.36. The molecule has 1 N–H and O–H groups in total. The molecule has 0 radical (unpaired) electrons. The number of hydrogen-bond acceptors (Lipinski definition) is 4. The van der Waals surface area contributed by atoms with Crippen LogP contribution in [0, 0.1) is 5.92 Å². The number of nitrogens with zero attached hydrogens (tertiary/aromatic N) is 3. The Labute approximate surface area is 219 Å². The summed E-state index contributed by atoms with van der Waals surface area (Å²) in [6, 6.07) is 16.3. The Hall–Kier alpha value is -2.21. The third-order valence-corrected chi connectivity index (χ3v) is 8.02. The maximum Gasteiger partial charge on any atom is 0.229 e. The first-order valence-electron chi connectivity index (χ1n) is 12.7. The Bertz CT molecular complexity index is 1020. The van der Waals surface area contributed by atoms with Crippen LogP contribution in [0.2, 0.25) is 10.0 Å². The Morgan fingerprint density at radius 2 is 1.74 bits per heavy atom. The lowest BCUT2D eigenvalue weighted by molar-refractivity contribution is -0.124. The molecule has 0 bridgehead atoms. The Kier molecular flexibility index (Phi) is 8.99. The molecule has 1 amide bonds. The lowest BCUT2D eigenvalue weighted by Gasteiger charge is -2.36. The first kappa shape index (κ1) is 25.9. The van der Waals surface area contributed by atoms with Gasteiger partial charge in [0.2, 0.25) is 5.91 Å². The zero-order valence-corrected chi connectivity index (χ0v) is 22.2. The summed E-state index contributed by atoms with van der Waals surface area (Å²) >= 11 is 12.6. The molecule has 0 aromatic heterocycles. The van der Waals surface area contributed by atoms with Crippen LogP contribution in [0.4, 0.5) is 5.69 Å². The molecule has 2 aliphatic heterocycles. The number of nitrogens with one attached hydrogen (secondary N) is 1. The molecule has 0 spiro atoms. The minimum atomic E-state index is -0.114. The zero-order valence-electron chi connectivity index (χ0n) is 20.7. The second kappa shape index (κ2) is 12.2. The van der Waals surface area contributed by atoms with Crippen LogP contribution >= 0.6 is 23.2 Å². The molecular formula is C28H36Cl2N4O. The first-order chi connectivity index (χ1) is 17.0. The van der Waals surface area contributed by atoms with Gasteiger partial charge in [-0.15, -0.1) is 0 Å². The van der Waals surface area contributed by atoms with Crippen molar-refractivity contribution in [2.75, 3.05) is 50.7 Å². The molecular weight excluding hydrogens is 479 g/mol. The van der Waals surface area contributed by atoms with Crippen LogP contribution in [0.3, 0.4) is 0 Å². The van der Waals surface area contributed by atoms with E-state index in [0.717, 1.165) is 64.3 Å². The highest BCUT2D eigenvalue weighted by molar-refractivity contribution is 6.43. The van der Waals surface area contributed by atoms with Crippen molar-refractivity contribution in [2.24, 2.45) is 5.92 Å². The topological polar surface area (TPSA) is 38.8 Å². The maximum absolute atomic E-state index is 13.0. The van der Waals surface area contributed by atoms with Gasteiger partial charge in [-0.05, 0) is 57.0 Å². The van der Waals surface area contributed by atoms with Crippen molar-refractivity contribution >= 4 is 40.5 Å². The molecule has 4 rings (SSSR count). The second-order valence-electron chi connectivity index (χ2n) is 9.37. The van der Waals surface area contributed by atoms with E-state index in [9.17, 15) is 4.79 Å². The summed E-state index contributed by atoms with van der Waals surface area (Å²) in [5.74, 6) is 0.0189. The molecule has 2 unspecified atom stereocenters. The van der Waals surface area contributed by atoms with Crippen LogP contribution in [0.5, 0.6) is 0 Å². The second-order valence-corrected chi connectivity index (χ2v) is 10.2. The molecule has 7 heteroatoms. The van der Waals surface area contributed by atoms with Gasteiger partial charge >= 0.3 is 0 Å². The van der Waals surface area contributed by atoms with E-state index in [4.69, 9.17) is 23.2 Å². The molecule has 0 saturated carbocycles. The van der Waals surface area contributed by atoms with Crippen LogP contribution in [-0.2, 0) is 4.79 Å². The van der Waals surface area contributed by atoms with Gasteiger partial charge in [0, 0.05) is 51.0 Å². The molecule has 2 aromatic carbocycles. The van der Waals surface area contributed by atoms with Gasteiger partial charge in [0.1, 0.15) is 0 Å². The van der Waals surface area contributed by atoms with Gasteiger partial charge in [0.05, 0.1) is 21.7 Å². The van der Waals surface area contributed by atoms with Crippen molar-refractivity contribution in [1.82, 2.24) is 15.1 Å². The molecule has 1 saturated heterocycles. The van der Waals surface area contributed by atoms with Crippen LogP contribution < -0.4 is 10.2 Å². The van der Waals surface area contributed by atoms with E-state index < -0.39 is 0 Å². The Morgan fingerprint density at radius 1 is 1.00 bits per heavy atom. The number of hydrogen-bond donors (Lipinski definition) is 1. The van der Waals surface area contributed by atoms with Crippen molar-refractivity contribution in [3.8, 4) is 0 Å². The highest BCUT2D eigenvalue weighted by atomic mass is 35.5. The zero-order chi connectivity index (χ0) is 24.8. The highest BCUT2D eigenvalue weighted by Gasteiger charge is 2.35. The van der Waals surface area contributed by atoms with Gasteiger partial charge in [-0.3, -0.25) is 9.69 Å². The summed E-state index contributed by atoms with van der Waals surface area (Å²) in [7, 11) is 0. The number of carbonyl (C=O) groups is 1. The van der Waals surface area contributed by atoms with E-state index in [1.54, 1.807) is 0 Å². The largest absolute Gasteiger partial charge is 0.368 e. The Morgan fingerprint density at radius 3 is 2.46 bits per heavy atom. The molecule has 35 heavy (non-hydrogen) atoms. The predicted octanol–water partition coefficient (Wildman–Crippen LogP) is 5.39. The van der Waals surface area contributed by atoms with Crippen LogP contribution in [-0.4, -0.2) is 67.6 Å². The fourth-order valence-electron chi connectivity index (χ4n) is 5.18. The molecule has 1 fully saturated rings. The number of piperazine rings is 1. The Balaban J connectivity index is 1.18. The summed E-state index contributed by atoms with van der Waals surface area (Å²) < 4.78 is 0. The minimum absolute atomic E-state index is 0.114. The molecule has 5 nitrogen and oxygen atoms in total. The number of benzene rings is 2. The normalized spacial score (nSPS) is 20.7. The van der Waals surface area contributed by atoms with Gasteiger partial charge in [-0.2, -0.15) is 0 Å². The third kappa shape index (κ3) is 6.14. The quantitative estimate of drug-likeness (QED) is 0.455. The average molecular weight is 516 g/mol. The van der Waals surface area contributed by atoms with Crippen LogP contribution in [0.1, 0.15) is 32.3 Å². The van der Waals surface area contributed by atoms with Gasteiger partial charge in [-0.1, -0.05) is 59.6 Å². The molecule has 2 atom stereocenters. The molecule has 2 aliphatic rings. The fraction of sp³-hybridized carbons (Fsp3) is 0.464. The third-order valence-electron chi connectivity index (χ3n) is 7.22. The van der Waals surface area contributed by atoms with Crippen molar-refractivity contribution in [1.29, 1.82) is 0 Å². The fourth-order valence-corrected chi connectivity index (χ4v) is 5.60. The number of anilines is 1. The van der Waals surface area contributed by atoms with Gasteiger partial charge in [-0.25, -0.2) is 0 Å². The van der Waals surface area contributed by atoms with Crippen molar-refractivity contribution in [2.45, 2.75) is 32.7 Å². The average Bonchev–Trinajstić information content (AvgIpc) is 3.22. The maximum atomic E-state index is 13.0. The number of unbranched alkanes of at least 4 members (excludes halogenated alkanes) is 1. The standard InChI is InChI=1S/C28H36Cl2N4O/c1-3-34-21(2)23(20-26(34)22-10-5-4-6-11-22)28(35)31-14-7-8-15-32-16-18-33(19-17-32)25-13-9-12-24(29)27(25)30/h4-6,9-13,20-21,23H,3,7-8,14-19H2,1-2H3,(H,31,35). The molecule has 0 aliphatic carbocycles. The van der Waals surface area contributed by atoms with Gasteiger partial charge < -0.3 is 15.1 Å². The van der Waals surface area contributed by atoms with Gasteiger partial charge in [0.15, 0.2) is 0 Å². The van der Waals surface area contributed by atoms with E-state index >= 15 is 0 Å². The summed E-state index contributed by atoms with van der Waals surface area (Å²) in [4.78, 5) is 20.1. The molecule has 188 valence electrons. The lowest BCUT2D eigenvalue weighted by Crippen LogP contribution is -2.46. The molecule has 2 aromatic rings. The first-order valence-corrected chi connectivity index (χ1v) is 13.5. The smallest absolute Gasteiger partial charge is 0.229 e. The van der Waals surface area contributed by atoms with Crippen molar-refractivity contribution in [3.63, 3.8) is 0 Å². The summed E-state index contributed by atoms with van der Waals surface area (Å²) in [6.07, 6.45) is 4.20. The van der Waals surface area contributed by atoms with E-state index in [1.165, 1.54) is 11.3 Å². The highest BCUT2D eigenvalue weighted by Crippen LogP contribution is 2.34. The monoisotopic (exact) mass is 514 g/mol. The minimum Gasteiger partial charge on any atom is -0.368 e. The predicted molar refractivity (Wildman–Crippen MR) is 147 cm³/mol.